The number of hydrogen-bond donors (Lipinski definition) is 1. The first-order valence-electron chi connectivity index (χ1n) is 5.62. The molecule has 2 aromatic rings. The van der Waals surface area contributed by atoms with E-state index in [2.05, 4.69) is 42.2 Å². The Hall–Kier alpha value is -1.32. The monoisotopic (exact) mass is 244 g/mol. The molecule has 0 fully saturated rings. The van der Waals surface area contributed by atoms with Gasteiger partial charge in [0, 0.05) is 23.4 Å². The molecule has 0 unspecified atom stereocenters. The van der Waals surface area contributed by atoms with Gasteiger partial charge in [0.25, 0.3) is 0 Å². The van der Waals surface area contributed by atoms with Crippen LogP contribution in [0.2, 0.25) is 0 Å². The molecule has 1 aromatic heterocycles. The Balaban J connectivity index is 2.00. The second-order valence-corrected chi connectivity index (χ2v) is 4.95. The molecule has 2 N–H and O–H groups in total. The van der Waals surface area contributed by atoms with Crippen LogP contribution in [-0.4, -0.2) is 4.98 Å². The number of benzene rings is 1. The number of nitrogens with two attached hydrogens (primary N) is 1. The van der Waals surface area contributed by atoms with Crippen molar-refractivity contribution in [1.29, 1.82) is 0 Å². The summed E-state index contributed by atoms with van der Waals surface area (Å²) in [5.74, 6) is 0.982. The third kappa shape index (κ3) is 3.32. The zero-order valence-electron chi connectivity index (χ0n) is 9.89. The molecule has 1 aromatic carbocycles. The van der Waals surface area contributed by atoms with Gasteiger partial charge in [0.05, 0.1) is 5.69 Å². The summed E-state index contributed by atoms with van der Waals surface area (Å²) in [5.41, 5.74) is 9.17. The molecule has 2 nitrogen and oxygen atoms in total. The molecule has 0 aliphatic heterocycles. The summed E-state index contributed by atoms with van der Waals surface area (Å²) < 4.78 is 0. The Morgan fingerprint density at radius 3 is 2.65 bits per heavy atom. The van der Waals surface area contributed by atoms with Crippen molar-refractivity contribution in [3.63, 3.8) is 0 Å². The first kappa shape index (κ1) is 12.1. The zero-order valence-corrected chi connectivity index (χ0v) is 10.7. The molecule has 0 radical (unpaired) electrons. The average Bonchev–Trinajstić information content (AvgIpc) is 2.38. The molecule has 88 valence electrons. The van der Waals surface area contributed by atoms with Crippen LogP contribution in [0, 0.1) is 6.92 Å². The fourth-order valence-corrected chi connectivity index (χ4v) is 2.49. The molecule has 17 heavy (non-hydrogen) atoms. The normalized spacial score (nSPS) is 10.5. The largest absolute Gasteiger partial charge is 0.325 e. The molecular formula is C14H16N2S. The number of rotatable bonds is 4. The lowest BCUT2D eigenvalue weighted by atomic mass is 10.1. The smallest absolute Gasteiger partial charge is 0.0540 e. The SMILES string of the molecule is Cc1ccccc1CSc1ccc(CN)nc1. The van der Waals surface area contributed by atoms with Gasteiger partial charge in [-0.25, -0.2) is 0 Å². The third-order valence-corrected chi connectivity index (χ3v) is 3.69. The van der Waals surface area contributed by atoms with E-state index in [1.54, 1.807) is 11.8 Å². The molecular weight excluding hydrogens is 228 g/mol. The maximum absolute atomic E-state index is 5.52. The van der Waals surface area contributed by atoms with Crippen molar-refractivity contribution in [3.8, 4) is 0 Å². The lowest BCUT2D eigenvalue weighted by Crippen LogP contribution is -1.98. The van der Waals surface area contributed by atoms with Gasteiger partial charge >= 0.3 is 0 Å². The van der Waals surface area contributed by atoms with Gasteiger partial charge in [0.2, 0.25) is 0 Å². The van der Waals surface area contributed by atoms with Crippen molar-refractivity contribution in [3.05, 3.63) is 59.4 Å². The van der Waals surface area contributed by atoms with Crippen LogP contribution in [0.3, 0.4) is 0 Å². The standard InChI is InChI=1S/C14H16N2S/c1-11-4-2-3-5-12(11)10-17-14-7-6-13(8-15)16-9-14/h2-7,9H,8,10,15H2,1H3. The number of hydrogen-bond acceptors (Lipinski definition) is 3. The molecule has 0 aliphatic carbocycles. The van der Waals surface area contributed by atoms with Crippen molar-refractivity contribution >= 4 is 11.8 Å². The van der Waals surface area contributed by atoms with Crippen molar-refractivity contribution in [2.75, 3.05) is 0 Å². The van der Waals surface area contributed by atoms with Gasteiger partial charge in [-0.15, -0.1) is 11.8 Å². The lowest BCUT2D eigenvalue weighted by Gasteiger charge is -2.05. The predicted molar refractivity (Wildman–Crippen MR) is 72.9 cm³/mol. The molecule has 0 aliphatic rings. The van der Waals surface area contributed by atoms with Gasteiger partial charge in [-0.3, -0.25) is 4.98 Å². The zero-order chi connectivity index (χ0) is 12.1. The minimum atomic E-state index is 0.503. The van der Waals surface area contributed by atoms with Gasteiger partial charge in [0.15, 0.2) is 0 Å². The summed E-state index contributed by atoms with van der Waals surface area (Å²) in [7, 11) is 0. The maximum atomic E-state index is 5.52. The average molecular weight is 244 g/mol. The van der Waals surface area contributed by atoms with Crippen molar-refractivity contribution in [2.24, 2.45) is 5.73 Å². The molecule has 3 heteroatoms. The van der Waals surface area contributed by atoms with E-state index < -0.39 is 0 Å². The Bertz CT molecular complexity index is 480. The Kier molecular flexibility index (Phi) is 4.18. The summed E-state index contributed by atoms with van der Waals surface area (Å²) in [4.78, 5) is 5.47. The highest BCUT2D eigenvalue weighted by molar-refractivity contribution is 7.98. The van der Waals surface area contributed by atoms with Crippen LogP contribution in [-0.2, 0) is 12.3 Å². The molecule has 0 spiro atoms. The Labute approximate surface area is 106 Å². The summed E-state index contributed by atoms with van der Waals surface area (Å²) in [5, 5.41) is 0. The number of thioether (sulfide) groups is 1. The van der Waals surface area contributed by atoms with Gasteiger partial charge in [-0.05, 0) is 30.2 Å². The quantitative estimate of drug-likeness (QED) is 0.840. The molecule has 1 heterocycles. The minimum Gasteiger partial charge on any atom is -0.325 e. The van der Waals surface area contributed by atoms with Crippen LogP contribution in [0.15, 0.2) is 47.5 Å². The van der Waals surface area contributed by atoms with Crippen LogP contribution >= 0.6 is 11.8 Å². The highest BCUT2D eigenvalue weighted by Crippen LogP contribution is 2.23. The Morgan fingerprint density at radius 1 is 1.18 bits per heavy atom. The van der Waals surface area contributed by atoms with Crippen LogP contribution in [0.5, 0.6) is 0 Å². The molecule has 0 bridgehead atoms. The number of aromatic nitrogens is 1. The van der Waals surface area contributed by atoms with E-state index >= 15 is 0 Å². The highest BCUT2D eigenvalue weighted by Gasteiger charge is 1.99. The van der Waals surface area contributed by atoms with Crippen molar-refractivity contribution < 1.29 is 0 Å². The Morgan fingerprint density at radius 2 is 2.00 bits per heavy atom. The molecule has 0 atom stereocenters. The van der Waals surface area contributed by atoms with E-state index in [-0.39, 0.29) is 0 Å². The van der Waals surface area contributed by atoms with Crippen molar-refractivity contribution in [1.82, 2.24) is 4.98 Å². The summed E-state index contributed by atoms with van der Waals surface area (Å²) in [6.07, 6.45) is 1.89. The molecule has 0 saturated heterocycles. The van der Waals surface area contributed by atoms with E-state index in [0.717, 1.165) is 11.4 Å². The van der Waals surface area contributed by atoms with Crippen molar-refractivity contribution in [2.45, 2.75) is 24.1 Å². The first-order valence-corrected chi connectivity index (χ1v) is 6.60. The molecule has 2 rings (SSSR count). The summed E-state index contributed by atoms with van der Waals surface area (Å²) >= 11 is 1.80. The maximum Gasteiger partial charge on any atom is 0.0540 e. The number of pyridine rings is 1. The van der Waals surface area contributed by atoms with Crippen LogP contribution in [0.4, 0.5) is 0 Å². The molecule has 0 saturated carbocycles. The fourth-order valence-electron chi connectivity index (χ4n) is 1.55. The first-order chi connectivity index (χ1) is 8.29. The van der Waals surface area contributed by atoms with Crippen LogP contribution in [0.1, 0.15) is 16.8 Å². The number of nitrogens with zero attached hydrogens (tertiary/aromatic N) is 1. The molecule has 0 amide bonds. The van der Waals surface area contributed by atoms with Crippen LogP contribution < -0.4 is 5.73 Å². The van der Waals surface area contributed by atoms with E-state index in [9.17, 15) is 0 Å². The minimum absolute atomic E-state index is 0.503. The topological polar surface area (TPSA) is 38.9 Å². The summed E-state index contributed by atoms with van der Waals surface area (Å²) in [6, 6.07) is 12.5. The van der Waals surface area contributed by atoms with E-state index in [4.69, 9.17) is 5.73 Å². The number of aryl methyl sites for hydroxylation is 1. The van der Waals surface area contributed by atoms with E-state index in [0.29, 0.717) is 6.54 Å². The second kappa shape index (κ2) is 5.84. The van der Waals surface area contributed by atoms with Gasteiger partial charge < -0.3 is 5.73 Å². The third-order valence-electron chi connectivity index (χ3n) is 2.66. The van der Waals surface area contributed by atoms with Gasteiger partial charge in [-0.1, -0.05) is 24.3 Å². The van der Waals surface area contributed by atoms with Gasteiger partial charge in [0.1, 0.15) is 0 Å². The second-order valence-electron chi connectivity index (χ2n) is 3.90. The predicted octanol–water partition coefficient (Wildman–Crippen LogP) is 3.14. The van der Waals surface area contributed by atoms with Crippen LogP contribution in [0.25, 0.3) is 0 Å². The highest BCUT2D eigenvalue weighted by atomic mass is 32.2. The van der Waals surface area contributed by atoms with E-state index in [1.807, 2.05) is 12.3 Å². The van der Waals surface area contributed by atoms with Gasteiger partial charge in [-0.2, -0.15) is 0 Å². The fraction of sp³-hybridized carbons (Fsp3) is 0.214. The summed E-state index contributed by atoms with van der Waals surface area (Å²) in [6.45, 7) is 2.65. The lowest BCUT2D eigenvalue weighted by molar-refractivity contribution is 0.977. The van der Waals surface area contributed by atoms with E-state index in [1.165, 1.54) is 16.0 Å².